The van der Waals surface area contributed by atoms with Crippen LogP contribution in [0.4, 0.5) is 0 Å². The van der Waals surface area contributed by atoms with Gasteiger partial charge in [-0.05, 0) is 36.5 Å². The molecule has 0 aliphatic carbocycles. The van der Waals surface area contributed by atoms with Crippen LogP contribution in [-0.2, 0) is 0 Å². The van der Waals surface area contributed by atoms with Crippen molar-refractivity contribution in [3.8, 4) is 11.5 Å². The molecule has 4 nitrogen and oxygen atoms in total. The average Bonchev–Trinajstić information content (AvgIpc) is 2.48. The van der Waals surface area contributed by atoms with Crippen LogP contribution in [0, 0.1) is 5.92 Å². The topological polar surface area (TPSA) is 44.7 Å². The van der Waals surface area contributed by atoms with E-state index in [-0.39, 0.29) is 30.6 Å². The van der Waals surface area contributed by atoms with Crippen LogP contribution in [0.25, 0.3) is 0 Å². The van der Waals surface area contributed by atoms with Gasteiger partial charge in [0.2, 0.25) is 0 Å². The fourth-order valence-corrected chi connectivity index (χ4v) is 2.96. The Hall–Kier alpha value is -0.680. The van der Waals surface area contributed by atoms with Crippen molar-refractivity contribution in [2.75, 3.05) is 33.3 Å². The number of hydrogen-bond donors (Lipinski definition) is 2. The second kappa shape index (κ2) is 11.0. The first-order chi connectivity index (χ1) is 10.1. The van der Waals surface area contributed by atoms with E-state index in [0.717, 1.165) is 32.6 Å². The Labute approximate surface area is 152 Å². The summed E-state index contributed by atoms with van der Waals surface area (Å²) in [5.74, 6) is 1.48. The van der Waals surface area contributed by atoms with Crippen LogP contribution in [0.15, 0.2) is 18.2 Å². The summed E-state index contributed by atoms with van der Waals surface area (Å²) in [7, 11) is 1.58. The summed E-state index contributed by atoms with van der Waals surface area (Å²) in [6.45, 7) is 8.74. The number of rotatable bonds is 6. The monoisotopic (exact) mass is 364 g/mol. The smallest absolute Gasteiger partial charge is 0.160 e. The van der Waals surface area contributed by atoms with Crippen molar-refractivity contribution in [3.05, 3.63) is 23.8 Å². The number of methoxy groups -OCH3 is 1. The molecule has 0 unspecified atom stereocenters. The zero-order valence-corrected chi connectivity index (χ0v) is 15.9. The van der Waals surface area contributed by atoms with E-state index in [2.05, 4.69) is 30.1 Å². The van der Waals surface area contributed by atoms with Gasteiger partial charge in [-0.1, -0.05) is 19.9 Å². The normalized spacial score (nSPS) is 16.3. The van der Waals surface area contributed by atoms with Gasteiger partial charge >= 0.3 is 0 Å². The van der Waals surface area contributed by atoms with Gasteiger partial charge in [0.1, 0.15) is 0 Å². The minimum Gasteiger partial charge on any atom is -0.504 e. The number of ether oxygens (including phenoxy) is 1. The number of nitrogens with one attached hydrogen (secondary N) is 1. The van der Waals surface area contributed by atoms with Crippen LogP contribution in [0.2, 0.25) is 0 Å². The number of phenols is 1. The number of aromatic hydroxyl groups is 1. The van der Waals surface area contributed by atoms with Crippen LogP contribution in [0.1, 0.15) is 38.3 Å². The van der Waals surface area contributed by atoms with E-state index >= 15 is 0 Å². The zero-order chi connectivity index (χ0) is 15.2. The predicted octanol–water partition coefficient (Wildman–Crippen LogP) is 3.63. The third-order valence-corrected chi connectivity index (χ3v) is 4.20. The maximum Gasteiger partial charge on any atom is 0.160 e. The lowest BCUT2D eigenvalue weighted by Gasteiger charge is -2.35. The molecule has 134 valence electrons. The number of piperazine rings is 1. The van der Waals surface area contributed by atoms with Crippen LogP contribution in [0.5, 0.6) is 11.5 Å². The fourth-order valence-electron chi connectivity index (χ4n) is 2.96. The molecule has 0 amide bonds. The standard InChI is InChI=1S/C17H28N2O2.2ClH/c1-13(2)4-6-15(19-10-8-18-9-11-19)14-5-7-17(21-3)16(20)12-14;;/h5,7,12-13,15,18,20H,4,6,8-11H2,1-3H3;2*1H/t15-;;/m0../s1. The molecule has 0 radical (unpaired) electrons. The zero-order valence-electron chi connectivity index (χ0n) is 14.2. The molecule has 2 rings (SSSR count). The molecule has 1 saturated heterocycles. The molecule has 1 fully saturated rings. The molecule has 0 spiro atoms. The summed E-state index contributed by atoms with van der Waals surface area (Å²) in [6.07, 6.45) is 2.32. The highest BCUT2D eigenvalue weighted by Crippen LogP contribution is 2.34. The van der Waals surface area contributed by atoms with E-state index in [1.807, 2.05) is 12.1 Å². The second-order valence-electron chi connectivity index (χ2n) is 6.20. The summed E-state index contributed by atoms with van der Waals surface area (Å²) >= 11 is 0. The SMILES string of the molecule is COc1ccc([C@H](CCC(C)C)N2CCNCC2)cc1O.Cl.Cl. The number of benzene rings is 1. The summed E-state index contributed by atoms with van der Waals surface area (Å²) in [6, 6.07) is 6.21. The van der Waals surface area contributed by atoms with Crippen LogP contribution in [0.3, 0.4) is 0 Å². The summed E-state index contributed by atoms with van der Waals surface area (Å²) in [5.41, 5.74) is 1.19. The van der Waals surface area contributed by atoms with Gasteiger partial charge in [-0.2, -0.15) is 0 Å². The van der Waals surface area contributed by atoms with Gasteiger partial charge in [0.05, 0.1) is 7.11 Å². The molecule has 1 aliphatic rings. The van der Waals surface area contributed by atoms with Gasteiger partial charge in [0.15, 0.2) is 11.5 Å². The molecular weight excluding hydrogens is 335 g/mol. The molecule has 1 aromatic rings. The lowest BCUT2D eigenvalue weighted by atomic mass is 9.95. The molecule has 0 aromatic heterocycles. The van der Waals surface area contributed by atoms with E-state index in [4.69, 9.17) is 4.74 Å². The lowest BCUT2D eigenvalue weighted by Crippen LogP contribution is -2.45. The Morgan fingerprint density at radius 2 is 1.83 bits per heavy atom. The molecule has 0 bridgehead atoms. The maximum atomic E-state index is 10.1. The highest BCUT2D eigenvalue weighted by molar-refractivity contribution is 5.85. The molecule has 1 heterocycles. The highest BCUT2D eigenvalue weighted by Gasteiger charge is 2.23. The molecular formula is C17H30Cl2N2O2. The Kier molecular flexibility index (Phi) is 10.7. The maximum absolute atomic E-state index is 10.1. The van der Waals surface area contributed by atoms with Crippen LogP contribution in [-0.4, -0.2) is 43.3 Å². The number of hydrogen-bond acceptors (Lipinski definition) is 4. The lowest BCUT2D eigenvalue weighted by molar-refractivity contribution is 0.159. The van der Waals surface area contributed by atoms with Gasteiger partial charge < -0.3 is 15.2 Å². The molecule has 2 N–H and O–H groups in total. The Morgan fingerprint density at radius 1 is 1.17 bits per heavy atom. The minimum atomic E-state index is 0. The molecule has 1 aromatic carbocycles. The van der Waals surface area contributed by atoms with Crippen molar-refractivity contribution in [1.82, 2.24) is 10.2 Å². The van der Waals surface area contributed by atoms with Gasteiger partial charge in [0, 0.05) is 32.2 Å². The summed E-state index contributed by atoms with van der Waals surface area (Å²) in [5, 5.41) is 13.5. The van der Waals surface area contributed by atoms with Crippen molar-refractivity contribution < 1.29 is 9.84 Å². The van der Waals surface area contributed by atoms with Crippen molar-refractivity contribution in [2.45, 2.75) is 32.7 Å². The first-order valence-corrected chi connectivity index (χ1v) is 7.93. The van der Waals surface area contributed by atoms with E-state index in [9.17, 15) is 5.11 Å². The van der Waals surface area contributed by atoms with E-state index < -0.39 is 0 Å². The minimum absolute atomic E-state index is 0. The van der Waals surface area contributed by atoms with Crippen molar-refractivity contribution in [2.24, 2.45) is 5.92 Å². The van der Waals surface area contributed by atoms with E-state index in [1.54, 1.807) is 7.11 Å². The fraction of sp³-hybridized carbons (Fsp3) is 0.647. The van der Waals surface area contributed by atoms with Crippen LogP contribution >= 0.6 is 24.8 Å². The molecule has 1 atom stereocenters. The van der Waals surface area contributed by atoms with E-state index in [0.29, 0.717) is 17.7 Å². The third kappa shape index (κ3) is 6.38. The van der Waals surface area contributed by atoms with Crippen molar-refractivity contribution >= 4 is 24.8 Å². The first kappa shape index (κ1) is 22.3. The third-order valence-electron chi connectivity index (χ3n) is 4.20. The molecule has 1 aliphatic heterocycles. The molecule has 6 heteroatoms. The van der Waals surface area contributed by atoms with Gasteiger partial charge in [0.25, 0.3) is 0 Å². The molecule has 23 heavy (non-hydrogen) atoms. The van der Waals surface area contributed by atoms with Gasteiger partial charge in [-0.25, -0.2) is 0 Å². The Bertz CT molecular complexity index is 452. The summed E-state index contributed by atoms with van der Waals surface area (Å²) in [4.78, 5) is 2.53. The Morgan fingerprint density at radius 3 is 2.35 bits per heavy atom. The number of halogens is 2. The quantitative estimate of drug-likeness (QED) is 0.808. The number of nitrogens with zero attached hydrogens (tertiary/aromatic N) is 1. The first-order valence-electron chi connectivity index (χ1n) is 7.93. The molecule has 0 saturated carbocycles. The van der Waals surface area contributed by atoms with E-state index in [1.165, 1.54) is 12.0 Å². The van der Waals surface area contributed by atoms with Gasteiger partial charge in [-0.3, -0.25) is 4.90 Å². The number of phenolic OH excluding ortho intramolecular Hbond substituents is 1. The largest absolute Gasteiger partial charge is 0.504 e. The average molecular weight is 365 g/mol. The second-order valence-corrected chi connectivity index (χ2v) is 6.20. The van der Waals surface area contributed by atoms with Gasteiger partial charge in [-0.15, -0.1) is 24.8 Å². The highest BCUT2D eigenvalue weighted by atomic mass is 35.5. The summed E-state index contributed by atoms with van der Waals surface area (Å²) < 4.78 is 5.15. The van der Waals surface area contributed by atoms with Crippen molar-refractivity contribution in [1.29, 1.82) is 0 Å². The Balaban J connectivity index is 0.00000242. The predicted molar refractivity (Wildman–Crippen MR) is 100 cm³/mol. The van der Waals surface area contributed by atoms with Crippen molar-refractivity contribution in [3.63, 3.8) is 0 Å². The van der Waals surface area contributed by atoms with Crippen LogP contribution < -0.4 is 10.1 Å².